The molecule has 1 heterocycles. The number of hydrogen-bond donors (Lipinski definition) is 1. The Hall–Kier alpha value is -1.91. The standard InChI is InChI=1S/C14H16FNO3/c15-12-5-3-10(4-6-12)8-13(17)16-7-1-2-11(9-16)14(18)19/h3-6,11H,1-2,7-9H2,(H,18,19). The summed E-state index contributed by atoms with van der Waals surface area (Å²) >= 11 is 0. The predicted molar refractivity (Wildman–Crippen MR) is 67.0 cm³/mol. The molecule has 1 unspecified atom stereocenters. The van der Waals surface area contributed by atoms with Gasteiger partial charge in [-0.2, -0.15) is 0 Å². The van der Waals surface area contributed by atoms with Crippen LogP contribution < -0.4 is 0 Å². The molecule has 102 valence electrons. The minimum atomic E-state index is -0.848. The van der Waals surface area contributed by atoms with Gasteiger partial charge in [-0.1, -0.05) is 12.1 Å². The zero-order valence-electron chi connectivity index (χ0n) is 10.5. The SMILES string of the molecule is O=C(O)C1CCCN(C(=O)Cc2ccc(F)cc2)C1. The van der Waals surface area contributed by atoms with Crippen molar-refractivity contribution < 1.29 is 19.1 Å². The van der Waals surface area contributed by atoms with E-state index in [4.69, 9.17) is 5.11 Å². The average molecular weight is 265 g/mol. The first-order valence-electron chi connectivity index (χ1n) is 6.31. The first-order valence-corrected chi connectivity index (χ1v) is 6.31. The van der Waals surface area contributed by atoms with Crippen LogP contribution in [-0.2, 0) is 16.0 Å². The molecule has 0 bridgehead atoms. The molecule has 4 nitrogen and oxygen atoms in total. The van der Waals surface area contributed by atoms with Gasteiger partial charge in [0.25, 0.3) is 0 Å². The summed E-state index contributed by atoms with van der Waals surface area (Å²) in [6, 6.07) is 5.79. The summed E-state index contributed by atoms with van der Waals surface area (Å²) in [7, 11) is 0. The van der Waals surface area contributed by atoms with E-state index in [9.17, 15) is 14.0 Å². The van der Waals surface area contributed by atoms with Gasteiger partial charge in [-0.25, -0.2) is 4.39 Å². The molecule has 0 spiro atoms. The predicted octanol–water partition coefficient (Wildman–Crippen LogP) is 1.69. The topological polar surface area (TPSA) is 57.6 Å². The number of hydrogen-bond acceptors (Lipinski definition) is 2. The van der Waals surface area contributed by atoms with Gasteiger partial charge in [-0.05, 0) is 30.5 Å². The number of amides is 1. The minimum absolute atomic E-state index is 0.0995. The number of carbonyl (C=O) groups is 2. The smallest absolute Gasteiger partial charge is 0.308 e. The summed E-state index contributed by atoms with van der Waals surface area (Å²) in [6.07, 6.45) is 1.52. The van der Waals surface area contributed by atoms with Gasteiger partial charge in [0.15, 0.2) is 0 Å². The molecule has 19 heavy (non-hydrogen) atoms. The summed E-state index contributed by atoms with van der Waals surface area (Å²) in [4.78, 5) is 24.6. The van der Waals surface area contributed by atoms with Gasteiger partial charge < -0.3 is 10.0 Å². The second kappa shape index (κ2) is 5.82. The van der Waals surface area contributed by atoms with Gasteiger partial charge in [0.1, 0.15) is 5.82 Å². The Labute approximate surface area is 110 Å². The van der Waals surface area contributed by atoms with Crippen molar-refractivity contribution in [1.29, 1.82) is 0 Å². The average Bonchev–Trinajstić information content (AvgIpc) is 2.41. The molecule has 0 radical (unpaired) electrons. The fourth-order valence-corrected chi connectivity index (χ4v) is 2.29. The highest BCUT2D eigenvalue weighted by Crippen LogP contribution is 2.17. The molecule has 1 aromatic carbocycles. The Morgan fingerprint density at radius 2 is 2.00 bits per heavy atom. The quantitative estimate of drug-likeness (QED) is 0.904. The van der Waals surface area contributed by atoms with E-state index >= 15 is 0 Å². The van der Waals surface area contributed by atoms with Crippen molar-refractivity contribution >= 4 is 11.9 Å². The summed E-state index contributed by atoms with van der Waals surface area (Å²) in [5.74, 6) is -1.75. The number of carboxylic acid groups (broad SMARTS) is 1. The maximum absolute atomic E-state index is 12.8. The van der Waals surface area contributed by atoms with Crippen molar-refractivity contribution in [2.75, 3.05) is 13.1 Å². The molecule has 0 saturated carbocycles. The Kier molecular flexibility index (Phi) is 4.14. The van der Waals surface area contributed by atoms with Gasteiger partial charge in [0.05, 0.1) is 12.3 Å². The molecular formula is C14H16FNO3. The number of likely N-dealkylation sites (tertiary alicyclic amines) is 1. The molecule has 0 aliphatic carbocycles. The Bertz CT molecular complexity index is 472. The van der Waals surface area contributed by atoms with Crippen LogP contribution in [0.25, 0.3) is 0 Å². The molecule has 1 aliphatic rings. The summed E-state index contributed by atoms with van der Waals surface area (Å²) in [5.41, 5.74) is 0.740. The van der Waals surface area contributed by atoms with Gasteiger partial charge in [0.2, 0.25) is 5.91 Å². The molecular weight excluding hydrogens is 249 g/mol. The van der Waals surface area contributed by atoms with Gasteiger partial charge >= 0.3 is 5.97 Å². The second-order valence-corrected chi connectivity index (χ2v) is 4.82. The molecule has 1 amide bonds. The maximum atomic E-state index is 12.8. The summed E-state index contributed by atoms with van der Waals surface area (Å²) in [5, 5.41) is 8.98. The molecule has 1 fully saturated rings. The Morgan fingerprint density at radius 3 is 2.63 bits per heavy atom. The normalized spacial score (nSPS) is 19.2. The van der Waals surface area contributed by atoms with Gasteiger partial charge in [-0.15, -0.1) is 0 Å². The van der Waals surface area contributed by atoms with Crippen molar-refractivity contribution in [3.05, 3.63) is 35.6 Å². The molecule has 1 saturated heterocycles. The van der Waals surface area contributed by atoms with E-state index in [1.807, 2.05) is 0 Å². The zero-order valence-corrected chi connectivity index (χ0v) is 10.5. The summed E-state index contributed by atoms with van der Waals surface area (Å²) in [6.45, 7) is 0.874. The second-order valence-electron chi connectivity index (χ2n) is 4.82. The molecule has 5 heteroatoms. The Balaban J connectivity index is 1.96. The third-order valence-electron chi connectivity index (χ3n) is 3.39. The largest absolute Gasteiger partial charge is 0.481 e. The third-order valence-corrected chi connectivity index (χ3v) is 3.39. The first-order chi connectivity index (χ1) is 9.06. The lowest BCUT2D eigenvalue weighted by Gasteiger charge is -2.30. The van der Waals surface area contributed by atoms with Crippen LogP contribution >= 0.6 is 0 Å². The molecule has 1 atom stereocenters. The van der Waals surface area contributed by atoms with Crippen LogP contribution in [0.2, 0.25) is 0 Å². The maximum Gasteiger partial charge on any atom is 0.308 e. The number of nitrogens with zero attached hydrogens (tertiary/aromatic N) is 1. The van der Waals surface area contributed by atoms with Crippen LogP contribution in [0.4, 0.5) is 4.39 Å². The third kappa shape index (κ3) is 3.53. The number of rotatable bonds is 3. The summed E-state index contributed by atoms with van der Waals surface area (Å²) < 4.78 is 12.8. The van der Waals surface area contributed by atoms with Crippen LogP contribution in [0.1, 0.15) is 18.4 Å². The first kappa shape index (κ1) is 13.5. The van der Waals surface area contributed by atoms with Crippen molar-refractivity contribution in [3.8, 4) is 0 Å². The van der Waals surface area contributed by atoms with E-state index in [2.05, 4.69) is 0 Å². The molecule has 1 N–H and O–H groups in total. The van der Waals surface area contributed by atoms with E-state index in [0.29, 0.717) is 19.4 Å². The van der Waals surface area contributed by atoms with E-state index < -0.39 is 11.9 Å². The zero-order chi connectivity index (χ0) is 13.8. The van der Waals surface area contributed by atoms with E-state index in [-0.39, 0.29) is 24.7 Å². The highest BCUT2D eigenvalue weighted by molar-refractivity contribution is 5.80. The fraction of sp³-hybridized carbons (Fsp3) is 0.429. The van der Waals surface area contributed by atoms with E-state index in [1.54, 1.807) is 17.0 Å². The molecule has 0 aromatic heterocycles. The molecule has 1 aromatic rings. The fourth-order valence-electron chi connectivity index (χ4n) is 2.29. The lowest BCUT2D eigenvalue weighted by atomic mass is 9.97. The van der Waals surface area contributed by atoms with Crippen molar-refractivity contribution in [2.45, 2.75) is 19.3 Å². The van der Waals surface area contributed by atoms with Crippen molar-refractivity contribution in [3.63, 3.8) is 0 Å². The number of carbonyl (C=O) groups excluding carboxylic acids is 1. The number of halogens is 1. The van der Waals surface area contributed by atoms with Crippen LogP contribution in [0.5, 0.6) is 0 Å². The lowest BCUT2D eigenvalue weighted by molar-refractivity contribution is -0.145. The van der Waals surface area contributed by atoms with E-state index in [1.165, 1.54) is 12.1 Å². The van der Waals surface area contributed by atoms with Crippen LogP contribution in [-0.4, -0.2) is 35.0 Å². The number of carboxylic acids is 1. The van der Waals surface area contributed by atoms with Crippen LogP contribution in [0, 0.1) is 11.7 Å². The van der Waals surface area contributed by atoms with Crippen molar-refractivity contribution in [1.82, 2.24) is 4.90 Å². The number of benzene rings is 1. The molecule has 2 rings (SSSR count). The van der Waals surface area contributed by atoms with Gasteiger partial charge in [-0.3, -0.25) is 9.59 Å². The highest BCUT2D eigenvalue weighted by Gasteiger charge is 2.27. The molecule has 1 aliphatic heterocycles. The van der Waals surface area contributed by atoms with Crippen molar-refractivity contribution in [2.24, 2.45) is 5.92 Å². The van der Waals surface area contributed by atoms with E-state index in [0.717, 1.165) is 5.56 Å². The minimum Gasteiger partial charge on any atom is -0.481 e. The van der Waals surface area contributed by atoms with Crippen LogP contribution in [0.15, 0.2) is 24.3 Å². The number of piperidine rings is 1. The Morgan fingerprint density at radius 1 is 1.32 bits per heavy atom. The monoisotopic (exact) mass is 265 g/mol. The van der Waals surface area contributed by atoms with Gasteiger partial charge in [0, 0.05) is 13.1 Å². The van der Waals surface area contributed by atoms with Crippen LogP contribution in [0.3, 0.4) is 0 Å². The highest BCUT2D eigenvalue weighted by atomic mass is 19.1. The lowest BCUT2D eigenvalue weighted by Crippen LogP contribution is -2.42. The number of aliphatic carboxylic acids is 1.